The Morgan fingerprint density at radius 1 is 1.32 bits per heavy atom. The van der Waals surface area contributed by atoms with Crippen molar-refractivity contribution in [3.63, 3.8) is 0 Å². The van der Waals surface area contributed by atoms with Crippen molar-refractivity contribution in [1.82, 2.24) is 4.90 Å². The Morgan fingerprint density at radius 2 is 1.95 bits per heavy atom. The van der Waals surface area contributed by atoms with Crippen molar-refractivity contribution in [3.05, 3.63) is 35.4 Å². The molecule has 0 heterocycles. The summed E-state index contributed by atoms with van der Waals surface area (Å²) in [4.78, 5) is 24.5. The molecule has 0 aromatic heterocycles. The molecule has 0 aliphatic rings. The average molecular weight is 262 g/mol. The molecule has 1 aromatic carbocycles. The molecule has 104 valence electrons. The van der Waals surface area contributed by atoms with E-state index in [0.29, 0.717) is 19.0 Å². The average Bonchev–Trinajstić information content (AvgIpc) is 2.39. The van der Waals surface area contributed by atoms with Crippen LogP contribution < -0.4 is 5.73 Å². The maximum Gasteiger partial charge on any atom is 0.311 e. The number of amides is 2. The monoisotopic (exact) mass is 262 g/mol. The van der Waals surface area contributed by atoms with Crippen LogP contribution in [-0.4, -0.2) is 23.3 Å². The van der Waals surface area contributed by atoms with Gasteiger partial charge in [-0.3, -0.25) is 9.59 Å². The largest absolute Gasteiger partial charge is 0.361 e. The van der Waals surface area contributed by atoms with Crippen molar-refractivity contribution in [2.45, 2.75) is 33.7 Å². The van der Waals surface area contributed by atoms with Gasteiger partial charge in [0.15, 0.2) is 0 Å². The molecule has 2 amide bonds. The third-order valence-electron chi connectivity index (χ3n) is 3.35. The molecule has 0 radical (unpaired) electrons. The smallest absolute Gasteiger partial charge is 0.311 e. The molecule has 0 spiro atoms. The summed E-state index contributed by atoms with van der Waals surface area (Å²) in [5.41, 5.74) is 7.26. The number of carbonyl (C=O) groups is 2. The van der Waals surface area contributed by atoms with Crippen molar-refractivity contribution in [2.24, 2.45) is 11.7 Å². The number of hydrogen-bond acceptors (Lipinski definition) is 2. The van der Waals surface area contributed by atoms with Crippen LogP contribution in [0.25, 0.3) is 0 Å². The number of hydrogen-bond donors (Lipinski definition) is 1. The van der Waals surface area contributed by atoms with Crippen LogP contribution >= 0.6 is 0 Å². The van der Waals surface area contributed by atoms with E-state index in [2.05, 4.69) is 13.8 Å². The number of nitrogens with zero attached hydrogens (tertiary/aromatic N) is 1. The van der Waals surface area contributed by atoms with E-state index in [-0.39, 0.29) is 0 Å². The van der Waals surface area contributed by atoms with Gasteiger partial charge >= 0.3 is 11.8 Å². The van der Waals surface area contributed by atoms with E-state index in [1.807, 2.05) is 31.2 Å². The van der Waals surface area contributed by atoms with Crippen LogP contribution in [0.1, 0.15) is 31.4 Å². The summed E-state index contributed by atoms with van der Waals surface area (Å²) in [5, 5.41) is 0. The van der Waals surface area contributed by atoms with Gasteiger partial charge in [-0.05, 0) is 24.0 Å². The van der Waals surface area contributed by atoms with Gasteiger partial charge in [0, 0.05) is 13.1 Å². The lowest BCUT2D eigenvalue weighted by Gasteiger charge is -2.25. The van der Waals surface area contributed by atoms with Crippen LogP contribution in [0.4, 0.5) is 0 Å². The second-order valence-electron chi connectivity index (χ2n) is 4.99. The summed E-state index contributed by atoms with van der Waals surface area (Å²) in [6.45, 7) is 7.08. The fraction of sp³-hybridized carbons (Fsp3) is 0.467. The molecule has 2 N–H and O–H groups in total. The van der Waals surface area contributed by atoms with Crippen molar-refractivity contribution >= 4 is 11.8 Å². The molecule has 1 rings (SSSR count). The zero-order chi connectivity index (χ0) is 14.4. The summed E-state index contributed by atoms with van der Waals surface area (Å²) >= 11 is 0. The molecule has 1 aromatic rings. The third kappa shape index (κ3) is 4.39. The lowest BCUT2D eigenvalue weighted by atomic mass is 10.1. The summed E-state index contributed by atoms with van der Waals surface area (Å²) in [7, 11) is 0. The van der Waals surface area contributed by atoms with Gasteiger partial charge in [0.1, 0.15) is 0 Å². The highest BCUT2D eigenvalue weighted by Crippen LogP contribution is 2.13. The summed E-state index contributed by atoms with van der Waals surface area (Å²) in [6, 6.07) is 7.84. The van der Waals surface area contributed by atoms with Crippen LogP contribution in [0.2, 0.25) is 0 Å². The highest BCUT2D eigenvalue weighted by Gasteiger charge is 2.21. The molecule has 4 heteroatoms. The Hall–Kier alpha value is -1.84. The number of carbonyl (C=O) groups excluding carboxylic acids is 2. The molecule has 19 heavy (non-hydrogen) atoms. The van der Waals surface area contributed by atoms with Crippen LogP contribution in [-0.2, 0) is 16.1 Å². The van der Waals surface area contributed by atoms with Crippen LogP contribution in [0.5, 0.6) is 0 Å². The van der Waals surface area contributed by atoms with E-state index in [4.69, 9.17) is 5.73 Å². The van der Waals surface area contributed by atoms with Gasteiger partial charge in [0.2, 0.25) is 0 Å². The molecule has 0 aliphatic carbocycles. The minimum atomic E-state index is -0.892. The van der Waals surface area contributed by atoms with Crippen LogP contribution in [0.15, 0.2) is 24.3 Å². The zero-order valence-corrected chi connectivity index (χ0v) is 11.8. The predicted octanol–water partition coefficient (Wildman–Crippen LogP) is 1.86. The lowest BCUT2D eigenvalue weighted by Crippen LogP contribution is -2.42. The number of benzene rings is 1. The standard InChI is InChI=1S/C15H22N2O2/c1-4-11(2)9-17(15(19)14(16)18)10-13-8-6-5-7-12(13)3/h5-8,11H,4,9-10H2,1-3H3,(H2,16,18)/t11-/m0/s1. The normalized spacial score (nSPS) is 11.9. The molecule has 0 saturated carbocycles. The van der Waals surface area contributed by atoms with Gasteiger partial charge in [-0.15, -0.1) is 0 Å². The number of aryl methyl sites for hydroxylation is 1. The first kappa shape index (κ1) is 15.2. The number of rotatable bonds is 5. The fourth-order valence-corrected chi connectivity index (χ4v) is 1.87. The van der Waals surface area contributed by atoms with E-state index in [9.17, 15) is 9.59 Å². The van der Waals surface area contributed by atoms with Gasteiger partial charge in [0.25, 0.3) is 0 Å². The minimum Gasteiger partial charge on any atom is -0.361 e. The highest BCUT2D eigenvalue weighted by molar-refractivity contribution is 6.34. The Labute approximate surface area is 114 Å². The van der Waals surface area contributed by atoms with Gasteiger partial charge in [-0.2, -0.15) is 0 Å². The first-order valence-corrected chi connectivity index (χ1v) is 6.58. The first-order valence-electron chi connectivity index (χ1n) is 6.58. The fourth-order valence-electron chi connectivity index (χ4n) is 1.87. The van der Waals surface area contributed by atoms with Crippen LogP contribution in [0, 0.1) is 12.8 Å². The maximum atomic E-state index is 11.9. The molecule has 0 aliphatic heterocycles. The van der Waals surface area contributed by atoms with Crippen molar-refractivity contribution in [1.29, 1.82) is 0 Å². The Morgan fingerprint density at radius 3 is 2.47 bits per heavy atom. The first-order chi connectivity index (χ1) is 8.95. The summed E-state index contributed by atoms with van der Waals surface area (Å²) in [6.07, 6.45) is 0.955. The SMILES string of the molecule is CC[C@H](C)CN(Cc1ccccc1C)C(=O)C(N)=O. The van der Waals surface area contributed by atoms with Gasteiger partial charge in [-0.1, -0.05) is 44.5 Å². The summed E-state index contributed by atoms with van der Waals surface area (Å²) in [5.74, 6) is -1.16. The van der Waals surface area contributed by atoms with E-state index < -0.39 is 11.8 Å². The summed E-state index contributed by atoms with van der Waals surface area (Å²) < 4.78 is 0. The van der Waals surface area contributed by atoms with Crippen molar-refractivity contribution < 1.29 is 9.59 Å². The highest BCUT2D eigenvalue weighted by atomic mass is 16.2. The molecule has 0 saturated heterocycles. The Bertz CT molecular complexity index is 457. The quantitative estimate of drug-likeness (QED) is 0.823. The molecule has 0 bridgehead atoms. The molecule has 1 atom stereocenters. The Balaban J connectivity index is 2.88. The molecular weight excluding hydrogens is 240 g/mol. The van der Waals surface area contributed by atoms with Gasteiger partial charge in [0.05, 0.1) is 0 Å². The van der Waals surface area contributed by atoms with E-state index in [0.717, 1.165) is 17.5 Å². The van der Waals surface area contributed by atoms with E-state index >= 15 is 0 Å². The van der Waals surface area contributed by atoms with E-state index in [1.54, 1.807) is 4.90 Å². The van der Waals surface area contributed by atoms with Gasteiger partial charge < -0.3 is 10.6 Å². The molecular formula is C15H22N2O2. The molecule has 0 fully saturated rings. The third-order valence-corrected chi connectivity index (χ3v) is 3.35. The second kappa shape index (κ2) is 6.92. The predicted molar refractivity (Wildman–Crippen MR) is 75.2 cm³/mol. The topological polar surface area (TPSA) is 63.4 Å². The number of primary amides is 1. The molecule has 0 unspecified atom stereocenters. The van der Waals surface area contributed by atoms with E-state index in [1.165, 1.54) is 0 Å². The molecule has 4 nitrogen and oxygen atoms in total. The van der Waals surface area contributed by atoms with Crippen molar-refractivity contribution in [3.8, 4) is 0 Å². The maximum absolute atomic E-state index is 11.9. The van der Waals surface area contributed by atoms with Gasteiger partial charge in [-0.25, -0.2) is 0 Å². The van der Waals surface area contributed by atoms with Crippen LogP contribution in [0.3, 0.4) is 0 Å². The zero-order valence-electron chi connectivity index (χ0n) is 11.8. The number of nitrogens with two attached hydrogens (primary N) is 1. The second-order valence-corrected chi connectivity index (χ2v) is 4.99. The van der Waals surface area contributed by atoms with Crippen molar-refractivity contribution in [2.75, 3.05) is 6.54 Å². The Kier molecular flexibility index (Phi) is 5.55. The lowest BCUT2D eigenvalue weighted by molar-refractivity contribution is -0.145. The minimum absolute atomic E-state index is 0.340.